The molecule has 1 aliphatic rings. The zero-order chi connectivity index (χ0) is 22.0. The normalized spacial score (nSPS) is 15.2. The van der Waals surface area contributed by atoms with Crippen molar-refractivity contribution in [1.82, 2.24) is 5.32 Å². The summed E-state index contributed by atoms with van der Waals surface area (Å²) in [4.78, 5) is 48.6. The number of nitro groups is 1. The molecule has 0 atom stereocenters. The fourth-order valence-corrected chi connectivity index (χ4v) is 2.85. The molecular formula is C19H15N3O8. The van der Waals surface area contributed by atoms with E-state index in [2.05, 4.69) is 0 Å². The van der Waals surface area contributed by atoms with E-state index in [4.69, 9.17) is 9.47 Å². The Balaban J connectivity index is 2.12. The van der Waals surface area contributed by atoms with E-state index in [0.717, 1.165) is 17.0 Å². The maximum Gasteiger partial charge on any atom is 0.336 e. The second-order valence-corrected chi connectivity index (χ2v) is 5.98. The van der Waals surface area contributed by atoms with Gasteiger partial charge in [0.15, 0.2) is 5.75 Å². The average molecular weight is 413 g/mol. The standard InChI is InChI=1S/C19H15N3O8/c1-29-14-6-4-3-5-12(14)21-18(25)11(17(24)20-19(21)26)7-10-8-13(22(27)28)16(23)15(9-10)30-2/h3-9,23H,1-2H3,(H,20,24,26)/b11-7+. The van der Waals surface area contributed by atoms with Gasteiger partial charge in [-0.25, -0.2) is 9.69 Å². The van der Waals surface area contributed by atoms with Crippen molar-refractivity contribution in [2.24, 2.45) is 0 Å². The topological polar surface area (TPSA) is 148 Å². The molecule has 0 radical (unpaired) electrons. The van der Waals surface area contributed by atoms with Crippen molar-refractivity contribution in [3.63, 3.8) is 0 Å². The quantitative estimate of drug-likeness (QED) is 0.327. The third-order valence-electron chi connectivity index (χ3n) is 4.23. The van der Waals surface area contributed by atoms with Crippen molar-refractivity contribution in [1.29, 1.82) is 0 Å². The van der Waals surface area contributed by atoms with Crippen LogP contribution in [0.4, 0.5) is 16.2 Å². The number of nitrogens with one attached hydrogen (secondary N) is 1. The Morgan fingerprint density at radius 3 is 2.40 bits per heavy atom. The molecule has 1 aliphatic heterocycles. The number of hydrogen-bond donors (Lipinski definition) is 2. The lowest BCUT2D eigenvalue weighted by Crippen LogP contribution is -2.54. The summed E-state index contributed by atoms with van der Waals surface area (Å²) in [6.45, 7) is 0. The van der Waals surface area contributed by atoms with E-state index >= 15 is 0 Å². The molecule has 0 aromatic heterocycles. The van der Waals surface area contributed by atoms with Gasteiger partial charge in [-0.3, -0.25) is 25.0 Å². The second-order valence-electron chi connectivity index (χ2n) is 5.98. The van der Waals surface area contributed by atoms with Crippen molar-refractivity contribution in [3.05, 3.63) is 57.6 Å². The Hall–Kier alpha value is -4.41. The summed E-state index contributed by atoms with van der Waals surface area (Å²) >= 11 is 0. The lowest BCUT2D eigenvalue weighted by molar-refractivity contribution is -0.386. The first-order valence-electron chi connectivity index (χ1n) is 8.38. The minimum Gasteiger partial charge on any atom is -0.500 e. The molecule has 0 aliphatic carbocycles. The fourth-order valence-electron chi connectivity index (χ4n) is 2.85. The number of carbonyl (C=O) groups excluding carboxylic acids is 3. The molecule has 0 unspecified atom stereocenters. The lowest BCUT2D eigenvalue weighted by Gasteiger charge is -2.27. The number of benzene rings is 2. The SMILES string of the molecule is COc1ccccc1N1C(=O)NC(=O)/C(=C\c2cc(OC)c(O)c([N+](=O)[O-])c2)C1=O. The van der Waals surface area contributed by atoms with Gasteiger partial charge in [0, 0.05) is 6.07 Å². The monoisotopic (exact) mass is 413 g/mol. The Bertz CT molecular complexity index is 1110. The van der Waals surface area contributed by atoms with Crippen LogP contribution in [-0.2, 0) is 9.59 Å². The van der Waals surface area contributed by atoms with Crippen molar-refractivity contribution < 1.29 is 33.9 Å². The Morgan fingerprint density at radius 1 is 1.10 bits per heavy atom. The minimum absolute atomic E-state index is 0.0316. The second kappa shape index (κ2) is 7.91. The van der Waals surface area contributed by atoms with E-state index in [0.29, 0.717) is 0 Å². The first-order valence-corrected chi connectivity index (χ1v) is 8.38. The van der Waals surface area contributed by atoms with E-state index in [1.165, 1.54) is 32.4 Å². The third kappa shape index (κ3) is 3.51. The average Bonchev–Trinajstić information content (AvgIpc) is 2.72. The molecule has 4 amide bonds. The van der Waals surface area contributed by atoms with Gasteiger partial charge < -0.3 is 14.6 Å². The number of aromatic hydroxyl groups is 1. The minimum atomic E-state index is -0.981. The smallest absolute Gasteiger partial charge is 0.336 e. The molecule has 2 N–H and O–H groups in total. The van der Waals surface area contributed by atoms with Gasteiger partial charge in [0.2, 0.25) is 5.75 Å². The van der Waals surface area contributed by atoms with Gasteiger partial charge in [-0.15, -0.1) is 0 Å². The largest absolute Gasteiger partial charge is 0.500 e. The number of carbonyl (C=O) groups is 3. The van der Waals surface area contributed by atoms with Crippen LogP contribution >= 0.6 is 0 Å². The van der Waals surface area contributed by atoms with E-state index in [-0.39, 0.29) is 22.7 Å². The van der Waals surface area contributed by atoms with Crippen LogP contribution in [0.3, 0.4) is 0 Å². The molecule has 0 bridgehead atoms. The van der Waals surface area contributed by atoms with Gasteiger partial charge in [0.05, 0.1) is 24.8 Å². The van der Waals surface area contributed by atoms with Gasteiger partial charge in [0.1, 0.15) is 11.3 Å². The number of phenolic OH excluding ortho intramolecular Hbond substituents is 1. The number of nitro benzene ring substituents is 1. The number of rotatable bonds is 5. The molecular weight excluding hydrogens is 398 g/mol. The zero-order valence-electron chi connectivity index (χ0n) is 15.7. The number of phenols is 1. The van der Waals surface area contributed by atoms with E-state index in [1.54, 1.807) is 12.1 Å². The summed E-state index contributed by atoms with van der Waals surface area (Å²) in [5, 5.41) is 23.1. The van der Waals surface area contributed by atoms with E-state index < -0.39 is 39.8 Å². The van der Waals surface area contributed by atoms with Gasteiger partial charge in [0.25, 0.3) is 11.8 Å². The highest BCUT2D eigenvalue weighted by Crippen LogP contribution is 2.38. The highest BCUT2D eigenvalue weighted by atomic mass is 16.6. The molecule has 0 saturated carbocycles. The number of para-hydroxylation sites is 2. The third-order valence-corrected chi connectivity index (χ3v) is 4.23. The predicted octanol–water partition coefficient (Wildman–Crippen LogP) is 1.98. The molecule has 1 fully saturated rings. The van der Waals surface area contributed by atoms with Gasteiger partial charge in [-0.05, 0) is 29.8 Å². The Kier molecular flexibility index (Phi) is 5.36. The van der Waals surface area contributed by atoms with Crippen LogP contribution < -0.4 is 19.7 Å². The van der Waals surface area contributed by atoms with E-state index in [9.17, 15) is 29.6 Å². The fraction of sp³-hybridized carbons (Fsp3) is 0.105. The molecule has 1 heterocycles. The van der Waals surface area contributed by atoms with Crippen molar-refractivity contribution in [2.75, 3.05) is 19.1 Å². The van der Waals surface area contributed by atoms with E-state index in [1.807, 2.05) is 5.32 Å². The Morgan fingerprint density at radius 2 is 1.77 bits per heavy atom. The maximum atomic E-state index is 13.0. The molecule has 2 aromatic rings. The highest BCUT2D eigenvalue weighted by Gasteiger charge is 2.38. The number of imide groups is 2. The zero-order valence-corrected chi connectivity index (χ0v) is 15.7. The molecule has 11 heteroatoms. The van der Waals surface area contributed by atoms with Crippen LogP contribution in [0.2, 0.25) is 0 Å². The van der Waals surface area contributed by atoms with Crippen LogP contribution in [0.15, 0.2) is 42.0 Å². The number of urea groups is 1. The summed E-state index contributed by atoms with van der Waals surface area (Å²) in [5.74, 6) is -2.64. The summed E-state index contributed by atoms with van der Waals surface area (Å²) < 4.78 is 10.1. The van der Waals surface area contributed by atoms with Crippen molar-refractivity contribution >= 4 is 35.3 Å². The highest BCUT2D eigenvalue weighted by molar-refractivity contribution is 6.39. The summed E-state index contributed by atoms with van der Waals surface area (Å²) in [7, 11) is 2.55. The molecule has 3 rings (SSSR count). The van der Waals surface area contributed by atoms with Crippen LogP contribution in [0.5, 0.6) is 17.2 Å². The molecule has 2 aromatic carbocycles. The number of methoxy groups -OCH3 is 2. The van der Waals surface area contributed by atoms with Gasteiger partial charge in [-0.1, -0.05) is 12.1 Å². The first kappa shape index (κ1) is 20.3. The number of anilines is 1. The predicted molar refractivity (Wildman–Crippen MR) is 103 cm³/mol. The maximum absolute atomic E-state index is 13.0. The van der Waals surface area contributed by atoms with Crippen LogP contribution in [-0.4, -0.2) is 42.1 Å². The van der Waals surface area contributed by atoms with Crippen molar-refractivity contribution in [3.8, 4) is 17.2 Å². The molecule has 1 saturated heterocycles. The number of ether oxygens (including phenoxy) is 2. The molecule has 154 valence electrons. The Labute approximate surface area is 169 Å². The number of nitrogens with zero attached hydrogens (tertiary/aromatic N) is 2. The molecule has 11 nitrogen and oxygen atoms in total. The van der Waals surface area contributed by atoms with Gasteiger partial charge >= 0.3 is 11.7 Å². The number of barbiturate groups is 1. The molecule has 0 spiro atoms. The van der Waals surface area contributed by atoms with Crippen LogP contribution in [0.1, 0.15) is 5.56 Å². The summed E-state index contributed by atoms with van der Waals surface area (Å²) in [5.41, 5.74) is -0.996. The van der Waals surface area contributed by atoms with Gasteiger partial charge in [-0.2, -0.15) is 0 Å². The summed E-state index contributed by atoms with van der Waals surface area (Å²) in [6, 6.07) is 7.41. The van der Waals surface area contributed by atoms with Crippen LogP contribution in [0, 0.1) is 10.1 Å². The number of amides is 4. The lowest BCUT2D eigenvalue weighted by atomic mass is 10.1. The number of hydrogen-bond acceptors (Lipinski definition) is 8. The molecule has 30 heavy (non-hydrogen) atoms. The summed E-state index contributed by atoms with van der Waals surface area (Å²) in [6.07, 6.45) is 1.06. The first-order chi connectivity index (χ1) is 14.3. The van der Waals surface area contributed by atoms with Crippen molar-refractivity contribution in [2.45, 2.75) is 0 Å². The van der Waals surface area contributed by atoms with Crippen LogP contribution in [0.25, 0.3) is 6.08 Å².